The van der Waals surface area contributed by atoms with Crippen LogP contribution in [0.15, 0.2) is 0 Å². The molecular weight excluding hydrogens is 214 g/mol. The van der Waals surface area contributed by atoms with E-state index in [1.807, 2.05) is 6.07 Å². The normalized spacial score (nSPS) is 14.7. The molecule has 0 aliphatic rings. The minimum Gasteiger partial charge on any atom is -0.371 e. The second-order valence-corrected chi connectivity index (χ2v) is 4.20. The van der Waals surface area contributed by atoms with Crippen LogP contribution in [0.5, 0.6) is 0 Å². The third-order valence-electron chi connectivity index (χ3n) is 1.56. The average Bonchev–Trinajstić information content (AvgIpc) is 2.17. The first-order chi connectivity index (χ1) is 7.01. The van der Waals surface area contributed by atoms with E-state index in [-0.39, 0.29) is 5.78 Å². The molecule has 0 aromatic rings. The maximum absolute atomic E-state index is 11.0. The van der Waals surface area contributed by atoms with Crippen LogP contribution in [0.4, 0.5) is 0 Å². The maximum atomic E-state index is 11.0. The summed E-state index contributed by atoms with van der Waals surface area (Å²) in [6, 6.07) is 1.91. The molecule has 0 aromatic carbocycles. The van der Waals surface area contributed by atoms with Crippen molar-refractivity contribution < 1.29 is 18.1 Å². The van der Waals surface area contributed by atoms with Crippen LogP contribution in [0, 0.1) is 11.3 Å². The van der Waals surface area contributed by atoms with Gasteiger partial charge in [-0.3, -0.25) is 4.79 Å². The summed E-state index contributed by atoms with van der Waals surface area (Å²) >= 11 is 0. The summed E-state index contributed by atoms with van der Waals surface area (Å²) in [5.41, 5.74) is 0. The summed E-state index contributed by atoms with van der Waals surface area (Å²) in [6.45, 7) is 6.89. The van der Waals surface area contributed by atoms with Crippen LogP contribution < -0.4 is 0 Å². The van der Waals surface area contributed by atoms with Gasteiger partial charge in [0.2, 0.25) is 0 Å². The lowest BCUT2D eigenvalue weighted by Crippen LogP contribution is -2.36. The van der Waals surface area contributed by atoms with E-state index in [0.717, 1.165) is 0 Å². The molecule has 85 valence electrons. The number of nitriles is 1. The minimum absolute atomic E-state index is 0.0922. The van der Waals surface area contributed by atoms with Gasteiger partial charge in [-0.05, 0) is 27.7 Å². The summed E-state index contributed by atoms with van der Waals surface area (Å²) in [7, 11) is -1.99. The molecule has 0 rings (SSSR count). The Morgan fingerprint density at radius 3 is 2.47 bits per heavy atom. The molecule has 0 aliphatic carbocycles. The average molecular weight is 230 g/mol. The van der Waals surface area contributed by atoms with Crippen LogP contribution in [-0.2, 0) is 18.1 Å². The van der Waals surface area contributed by atoms with Crippen molar-refractivity contribution >= 4 is 15.3 Å². The summed E-state index contributed by atoms with van der Waals surface area (Å²) in [6.07, 6.45) is -1.15. The van der Waals surface area contributed by atoms with Crippen LogP contribution in [0.2, 0.25) is 0 Å². The highest BCUT2D eigenvalue weighted by molar-refractivity contribution is 6.36. The van der Waals surface area contributed by atoms with E-state index >= 15 is 0 Å². The van der Waals surface area contributed by atoms with E-state index in [4.69, 9.17) is 18.5 Å². The molecule has 0 heterocycles. The number of hydrogen-bond acceptors (Lipinski definition) is 5. The van der Waals surface area contributed by atoms with E-state index in [1.54, 1.807) is 20.8 Å². The van der Waals surface area contributed by atoms with E-state index in [0.29, 0.717) is 6.61 Å². The third-order valence-corrected chi connectivity index (χ3v) is 3.18. The molecule has 15 heavy (non-hydrogen) atoms. The molecule has 0 aliphatic heterocycles. The number of rotatable bonds is 7. The van der Waals surface area contributed by atoms with Crippen molar-refractivity contribution in [1.82, 2.24) is 0 Å². The molecule has 5 nitrogen and oxygen atoms in total. The van der Waals surface area contributed by atoms with E-state index in [2.05, 4.69) is 0 Å². The molecule has 6 heteroatoms. The summed E-state index contributed by atoms with van der Waals surface area (Å²) in [5.74, 6) is -0.0922. The van der Waals surface area contributed by atoms with Gasteiger partial charge in [0.15, 0.2) is 5.78 Å². The first kappa shape index (κ1) is 14.3. The molecule has 0 bridgehead atoms. The second kappa shape index (κ2) is 7.54. The van der Waals surface area contributed by atoms with Gasteiger partial charge in [0.1, 0.15) is 12.2 Å². The van der Waals surface area contributed by atoms with Gasteiger partial charge in [-0.25, -0.2) is 0 Å². The molecule has 1 radical (unpaired) electrons. The monoisotopic (exact) mass is 230 g/mol. The van der Waals surface area contributed by atoms with E-state index in [9.17, 15) is 4.79 Å². The highest BCUT2D eigenvalue weighted by atomic mass is 28.3. The molecular formula is C9H16NO4Si. The summed E-state index contributed by atoms with van der Waals surface area (Å²) in [5, 5.41) is 8.56. The molecule has 0 fully saturated rings. The molecule has 2 atom stereocenters. The molecule has 2 unspecified atom stereocenters. The zero-order valence-electron chi connectivity index (χ0n) is 9.44. The van der Waals surface area contributed by atoms with Crippen molar-refractivity contribution in [2.45, 2.75) is 39.9 Å². The largest absolute Gasteiger partial charge is 0.579 e. The van der Waals surface area contributed by atoms with Crippen LogP contribution in [0.25, 0.3) is 0 Å². The van der Waals surface area contributed by atoms with Gasteiger partial charge in [-0.15, -0.1) is 0 Å². The van der Waals surface area contributed by atoms with Gasteiger partial charge in [0.05, 0.1) is 6.07 Å². The first-order valence-corrected chi connectivity index (χ1v) is 5.96. The molecule has 0 N–H and O–H groups in total. The first-order valence-electron chi connectivity index (χ1n) is 4.74. The lowest BCUT2D eigenvalue weighted by Gasteiger charge is -2.17. The number of carbonyl (C=O) groups excluding carboxylic acids is 1. The van der Waals surface area contributed by atoms with Crippen molar-refractivity contribution in [3.8, 4) is 6.07 Å². The Hall–Kier alpha value is -0.743. The van der Waals surface area contributed by atoms with Gasteiger partial charge in [-0.1, -0.05) is 0 Å². The molecule has 0 amide bonds. The van der Waals surface area contributed by atoms with Gasteiger partial charge in [0, 0.05) is 6.61 Å². The van der Waals surface area contributed by atoms with Crippen LogP contribution in [-0.4, -0.2) is 34.1 Å². The fourth-order valence-electron chi connectivity index (χ4n) is 0.612. The zero-order chi connectivity index (χ0) is 11.8. The van der Waals surface area contributed by atoms with Crippen molar-refractivity contribution in [3.63, 3.8) is 0 Å². The van der Waals surface area contributed by atoms with Gasteiger partial charge < -0.3 is 13.3 Å². The zero-order valence-corrected chi connectivity index (χ0v) is 10.4. The fraction of sp³-hybridized carbons (Fsp3) is 0.778. The Labute approximate surface area is 91.9 Å². The highest BCUT2D eigenvalue weighted by Crippen LogP contribution is 2.02. The topological polar surface area (TPSA) is 68.6 Å². The van der Waals surface area contributed by atoms with Crippen molar-refractivity contribution in [2.75, 3.05) is 6.61 Å². The van der Waals surface area contributed by atoms with Gasteiger partial charge >= 0.3 is 9.53 Å². The molecule has 0 saturated heterocycles. The van der Waals surface area contributed by atoms with Gasteiger partial charge in [0.25, 0.3) is 0 Å². The fourth-order valence-corrected chi connectivity index (χ4v) is 1.84. The van der Waals surface area contributed by atoms with Crippen molar-refractivity contribution in [2.24, 2.45) is 0 Å². The molecule has 0 aromatic heterocycles. The lowest BCUT2D eigenvalue weighted by atomic mass is 10.3. The number of hydrogen-bond donors (Lipinski definition) is 0. The van der Waals surface area contributed by atoms with Crippen molar-refractivity contribution in [1.29, 1.82) is 5.26 Å². The van der Waals surface area contributed by atoms with Crippen molar-refractivity contribution in [3.05, 3.63) is 0 Å². The van der Waals surface area contributed by atoms with Crippen LogP contribution >= 0.6 is 0 Å². The quantitative estimate of drug-likeness (QED) is 0.609. The van der Waals surface area contributed by atoms with E-state index < -0.39 is 21.7 Å². The SMILES string of the molecule is CCO[Si](OC(C)C#N)OC(C)C(C)=O. The Kier molecular flexibility index (Phi) is 7.16. The Bertz CT molecular complexity index is 241. The minimum atomic E-state index is -1.99. The number of carbonyl (C=O) groups is 1. The summed E-state index contributed by atoms with van der Waals surface area (Å²) < 4.78 is 15.7. The number of ketones is 1. The Morgan fingerprint density at radius 1 is 1.47 bits per heavy atom. The second-order valence-electron chi connectivity index (χ2n) is 2.94. The van der Waals surface area contributed by atoms with Gasteiger partial charge in [-0.2, -0.15) is 5.26 Å². The smallest absolute Gasteiger partial charge is 0.371 e. The maximum Gasteiger partial charge on any atom is 0.579 e. The van der Waals surface area contributed by atoms with Crippen LogP contribution in [0.3, 0.4) is 0 Å². The Balaban J connectivity index is 4.15. The Morgan fingerprint density at radius 2 is 2.07 bits per heavy atom. The number of Topliss-reactive ketones (excluding diaryl/α,β-unsaturated/α-hetero) is 1. The van der Waals surface area contributed by atoms with Crippen LogP contribution in [0.1, 0.15) is 27.7 Å². The summed E-state index contributed by atoms with van der Waals surface area (Å²) in [4.78, 5) is 11.0. The molecule has 0 spiro atoms. The van der Waals surface area contributed by atoms with E-state index in [1.165, 1.54) is 6.92 Å². The predicted octanol–water partition coefficient (Wildman–Crippen LogP) is 0.931. The standard InChI is InChI=1S/C9H16NO4Si/c1-5-12-15(13-7(2)6-10)14-9(4)8(3)11/h7,9H,5H2,1-4H3. The predicted molar refractivity (Wildman–Crippen MR) is 54.8 cm³/mol. The third kappa shape index (κ3) is 6.36. The lowest BCUT2D eigenvalue weighted by molar-refractivity contribution is -0.124. The molecule has 0 saturated carbocycles. The highest BCUT2D eigenvalue weighted by Gasteiger charge is 2.26. The number of nitrogens with zero attached hydrogens (tertiary/aromatic N) is 1.